The SMILES string of the molecule is CC(=O)O[C@H](C[C@@H](O)CO)C[C@H]1C[C@@H](OC(C)=O)C[C@@H](CCOCc2ccccc2)O1. The molecule has 1 saturated heterocycles. The Labute approximate surface area is 183 Å². The molecule has 0 saturated carbocycles. The van der Waals surface area contributed by atoms with Crippen LogP contribution in [0, 0.1) is 0 Å². The second-order valence-electron chi connectivity index (χ2n) is 7.95. The maximum atomic E-state index is 11.5. The number of aliphatic hydroxyl groups excluding tert-OH is 2. The molecule has 1 aliphatic heterocycles. The number of esters is 2. The predicted octanol–water partition coefficient (Wildman–Crippen LogP) is 2.14. The van der Waals surface area contributed by atoms with Gasteiger partial charge in [0.05, 0.1) is 31.5 Å². The fourth-order valence-electron chi connectivity index (χ4n) is 3.81. The van der Waals surface area contributed by atoms with Crippen molar-refractivity contribution in [3.05, 3.63) is 35.9 Å². The maximum absolute atomic E-state index is 11.5. The highest BCUT2D eigenvalue weighted by Crippen LogP contribution is 2.28. The van der Waals surface area contributed by atoms with Crippen molar-refractivity contribution in [1.29, 1.82) is 0 Å². The number of hydrogen-bond donors (Lipinski definition) is 2. The van der Waals surface area contributed by atoms with E-state index in [0.717, 1.165) is 5.56 Å². The van der Waals surface area contributed by atoms with E-state index in [1.165, 1.54) is 13.8 Å². The van der Waals surface area contributed by atoms with Gasteiger partial charge in [-0.15, -0.1) is 0 Å². The summed E-state index contributed by atoms with van der Waals surface area (Å²) in [5.74, 6) is -0.815. The number of carbonyl (C=O) groups excluding carboxylic acids is 2. The first-order chi connectivity index (χ1) is 14.9. The molecule has 0 spiro atoms. The molecule has 0 amide bonds. The number of carbonyl (C=O) groups is 2. The molecule has 8 heteroatoms. The first-order valence-corrected chi connectivity index (χ1v) is 10.8. The molecule has 1 aromatic carbocycles. The van der Waals surface area contributed by atoms with Crippen LogP contribution in [0.25, 0.3) is 0 Å². The van der Waals surface area contributed by atoms with Crippen LogP contribution in [0.2, 0.25) is 0 Å². The van der Waals surface area contributed by atoms with E-state index in [1.54, 1.807) is 0 Å². The molecule has 0 bridgehead atoms. The van der Waals surface area contributed by atoms with Gasteiger partial charge in [0.2, 0.25) is 0 Å². The van der Waals surface area contributed by atoms with E-state index in [1.807, 2.05) is 30.3 Å². The van der Waals surface area contributed by atoms with Gasteiger partial charge in [-0.3, -0.25) is 9.59 Å². The predicted molar refractivity (Wildman–Crippen MR) is 112 cm³/mol. The number of hydrogen-bond acceptors (Lipinski definition) is 8. The Kier molecular flexibility index (Phi) is 10.9. The molecule has 1 aliphatic rings. The third-order valence-electron chi connectivity index (χ3n) is 5.07. The quantitative estimate of drug-likeness (QED) is 0.377. The van der Waals surface area contributed by atoms with E-state index in [4.69, 9.17) is 24.1 Å². The van der Waals surface area contributed by atoms with Crippen molar-refractivity contribution in [2.24, 2.45) is 0 Å². The van der Waals surface area contributed by atoms with Gasteiger partial charge in [0, 0.05) is 46.1 Å². The molecular weight excluding hydrogens is 404 g/mol. The van der Waals surface area contributed by atoms with Gasteiger partial charge >= 0.3 is 11.9 Å². The smallest absolute Gasteiger partial charge is 0.302 e. The summed E-state index contributed by atoms with van der Waals surface area (Å²) in [7, 11) is 0. The van der Waals surface area contributed by atoms with Crippen LogP contribution in [0.3, 0.4) is 0 Å². The average molecular weight is 439 g/mol. The molecule has 0 aromatic heterocycles. The zero-order chi connectivity index (χ0) is 22.6. The molecule has 31 heavy (non-hydrogen) atoms. The molecule has 0 radical (unpaired) electrons. The van der Waals surface area contributed by atoms with Gasteiger partial charge in [0.15, 0.2) is 0 Å². The minimum absolute atomic E-state index is 0.110. The lowest BCUT2D eigenvalue weighted by Crippen LogP contribution is -2.41. The fraction of sp³-hybridized carbons (Fsp3) is 0.652. The van der Waals surface area contributed by atoms with Crippen LogP contribution in [-0.2, 0) is 35.1 Å². The van der Waals surface area contributed by atoms with Gasteiger partial charge < -0.3 is 29.2 Å². The molecule has 2 N–H and O–H groups in total. The Hall–Kier alpha value is -2.00. The normalized spacial score (nSPS) is 23.0. The number of rotatable bonds is 12. The molecule has 8 nitrogen and oxygen atoms in total. The van der Waals surface area contributed by atoms with Crippen molar-refractivity contribution in [1.82, 2.24) is 0 Å². The van der Waals surface area contributed by atoms with E-state index in [-0.39, 0.29) is 30.7 Å². The van der Waals surface area contributed by atoms with Crippen molar-refractivity contribution in [3.8, 4) is 0 Å². The molecule has 174 valence electrons. The number of ether oxygens (including phenoxy) is 4. The van der Waals surface area contributed by atoms with E-state index < -0.39 is 24.8 Å². The average Bonchev–Trinajstić information content (AvgIpc) is 2.70. The zero-order valence-corrected chi connectivity index (χ0v) is 18.3. The molecular formula is C23H34O8. The summed E-state index contributed by atoms with van der Waals surface area (Å²) in [6, 6.07) is 9.88. The van der Waals surface area contributed by atoms with Crippen LogP contribution in [-0.4, -0.2) is 65.9 Å². The first-order valence-electron chi connectivity index (χ1n) is 10.8. The summed E-state index contributed by atoms with van der Waals surface area (Å²) in [6.07, 6.45) is -0.220. The first kappa shape index (κ1) is 25.3. The summed E-state index contributed by atoms with van der Waals surface area (Å²) >= 11 is 0. The highest BCUT2D eigenvalue weighted by Gasteiger charge is 2.33. The number of benzene rings is 1. The largest absolute Gasteiger partial charge is 0.462 e. The highest BCUT2D eigenvalue weighted by atomic mass is 16.6. The van der Waals surface area contributed by atoms with E-state index in [0.29, 0.717) is 38.9 Å². The van der Waals surface area contributed by atoms with Crippen LogP contribution in [0.5, 0.6) is 0 Å². The fourth-order valence-corrected chi connectivity index (χ4v) is 3.81. The van der Waals surface area contributed by atoms with Crippen LogP contribution in [0.15, 0.2) is 30.3 Å². The Bertz CT molecular complexity index is 665. The Balaban J connectivity index is 1.91. The van der Waals surface area contributed by atoms with Gasteiger partial charge in [-0.25, -0.2) is 0 Å². The van der Waals surface area contributed by atoms with Crippen molar-refractivity contribution in [3.63, 3.8) is 0 Å². The summed E-state index contributed by atoms with van der Waals surface area (Å²) in [6.45, 7) is 3.27. The van der Waals surface area contributed by atoms with E-state index in [9.17, 15) is 14.7 Å². The molecule has 1 fully saturated rings. The zero-order valence-electron chi connectivity index (χ0n) is 18.3. The second kappa shape index (κ2) is 13.4. The molecule has 1 heterocycles. The minimum Gasteiger partial charge on any atom is -0.462 e. The Morgan fingerprint density at radius 3 is 2.48 bits per heavy atom. The third-order valence-corrected chi connectivity index (χ3v) is 5.07. The second-order valence-corrected chi connectivity index (χ2v) is 7.95. The summed E-state index contributed by atoms with van der Waals surface area (Å²) in [4.78, 5) is 22.9. The summed E-state index contributed by atoms with van der Waals surface area (Å²) < 4.78 is 22.7. The number of aliphatic hydroxyl groups is 2. The highest BCUT2D eigenvalue weighted by molar-refractivity contribution is 5.66. The summed E-state index contributed by atoms with van der Waals surface area (Å²) in [5.41, 5.74) is 1.09. The Morgan fingerprint density at radius 1 is 1.13 bits per heavy atom. The van der Waals surface area contributed by atoms with Gasteiger partial charge in [-0.1, -0.05) is 30.3 Å². The summed E-state index contributed by atoms with van der Waals surface area (Å²) in [5, 5.41) is 18.9. The lowest BCUT2D eigenvalue weighted by atomic mass is 9.94. The van der Waals surface area contributed by atoms with E-state index >= 15 is 0 Å². The van der Waals surface area contributed by atoms with Crippen molar-refractivity contribution in [2.75, 3.05) is 13.2 Å². The van der Waals surface area contributed by atoms with Crippen LogP contribution < -0.4 is 0 Å². The molecule has 0 aliphatic carbocycles. The van der Waals surface area contributed by atoms with Gasteiger partial charge in [0.25, 0.3) is 0 Å². The van der Waals surface area contributed by atoms with Crippen LogP contribution in [0.4, 0.5) is 0 Å². The molecule has 2 rings (SSSR count). The van der Waals surface area contributed by atoms with Crippen LogP contribution >= 0.6 is 0 Å². The Morgan fingerprint density at radius 2 is 1.84 bits per heavy atom. The lowest BCUT2D eigenvalue weighted by molar-refractivity contribution is -0.166. The standard InChI is InChI=1S/C23H34O8/c1-16(25)29-21(10-19(27)14-24)12-23-13-22(30-17(2)26)11-20(31-23)8-9-28-15-18-6-4-3-5-7-18/h3-7,19-24,27H,8-15H2,1-2H3/t19-,20-,21-,22+,23+/m1/s1. The van der Waals surface area contributed by atoms with Gasteiger partial charge in [-0.2, -0.15) is 0 Å². The topological polar surface area (TPSA) is 112 Å². The van der Waals surface area contributed by atoms with Crippen molar-refractivity contribution in [2.45, 2.75) is 83.1 Å². The monoisotopic (exact) mass is 438 g/mol. The van der Waals surface area contributed by atoms with Crippen molar-refractivity contribution < 1.29 is 38.7 Å². The van der Waals surface area contributed by atoms with Gasteiger partial charge in [-0.05, 0) is 12.0 Å². The molecule has 5 atom stereocenters. The minimum atomic E-state index is -0.987. The van der Waals surface area contributed by atoms with E-state index in [2.05, 4.69) is 0 Å². The van der Waals surface area contributed by atoms with Crippen molar-refractivity contribution >= 4 is 11.9 Å². The molecule has 1 aromatic rings. The molecule has 0 unspecified atom stereocenters. The maximum Gasteiger partial charge on any atom is 0.302 e. The third kappa shape index (κ3) is 10.2. The lowest BCUT2D eigenvalue weighted by Gasteiger charge is -2.36. The van der Waals surface area contributed by atoms with Gasteiger partial charge in [0.1, 0.15) is 12.2 Å². The van der Waals surface area contributed by atoms with Crippen LogP contribution in [0.1, 0.15) is 51.5 Å².